The number of aromatic nitrogens is 1. The van der Waals surface area contributed by atoms with Gasteiger partial charge in [0, 0.05) is 11.6 Å². The Morgan fingerprint density at radius 3 is 2.50 bits per heavy atom. The number of pyridine rings is 1. The molecule has 0 aromatic carbocycles. The molecule has 84 valence electrons. The summed E-state index contributed by atoms with van der Waals surface area (Å²) in [5.74, 6) is 0. The van der Waals surface area contributed by atoms with Crippen molar-refractivity contribution in [2.75, 3.05) is 0 Å². The molecule has 1 aromatic rings. The Kier molecular flexibility index (Phi) is 2.49. The summed E-state index contributed by atoms with van der Waals surface area (Å²) in [6, 6.07) is 4.09. The van der Waals surface area contributed by atoms with Crippen molar-refractivity contribution in [3.8, 4) is 0 Å². The summed E-state index contributed by atoms with van der Waals surface area (Å²) in [7, 11) is 0. The maximum absolute atomic E-state index is 4.39. The van der Waals surface area contributed by atoms with Gasteiger partial charge < -0.3 is 0 Å². The number of hydrogen-bond acceptors (Lipinski definition) is 1. The molecule has 1 aromatic heterocycles. The Balaban J connectivity index is 2.49. The van der Waals surface area contributed by atoms with Crippen LogP contribution in [0.3, 0.4) is 0 Å². The van der Waals surface area contributed by atoms with Crippen LogP contribution in [-0.4, -0.2) is 4.98 Å². The maximum Gasteiger partial charge on any atom is 0.0698 e. The Hall–Kier alpha value is -1.37. The Bertz CT molecular complexity index is 414. The second kappa shape index (κ2) is 3.58. The first-order chi connectivity index (χ1) is 7.42. The molecule has 1 heterocycles. The van der Waals surface area contributed by atoms with E-state index in [1.807, 2.05) is 12.3 Å². The SMILES string of the molecule is CC(C)(C)C1(C)C=Cc2cccnc2C=C1. The topological polar surface area (TPSA) is 12.9 Å². The lowest BCUT2D eigenvalue weighted by molar-refractivity contribution is 0.230. The van der Waals surface area contributed by atoms with Crippen LogP contribution in [-0.2, 0) is 0 Å². The lowest BCUT2D eigenvalue weighted by Crippen LogP contribution is -2.28. The summed E-state index contributed by atoms with van der Waals surface area (Å²) in [4.78, 5) is 4.39. The molecule has 0 spiro atoms. The van der Waals surface area contributed by atoms with Gasteiger partial charge in [-0.1, -0.05) is 52.0 Å². The van der Waals surface area contributed by atoms with Gasteiger partial charge in [0.1, 0.15) is 0 Å². The highest BCUT2D eigenvalue weighted by molar-refractivity contribution is 5.66. The van der Waals surface area contributed by atoms with Gasteiger partial charge in [-0.2, -0.15) is 0 Å². The van der Waals surface area contributed by atoms with E-state index in [9.17, 15) is 0 Å². The van der Waals surface area contributed by atoms with Crippen molar-refractivity contribution in [1.82, 2.24) is 4.98 Å². The van der Waals surface area contributed by atoms with Gasteiger partial charge in [-0.15, -0.1) is 0 Å². The van der Waals surface area contributed by atoms with E-state index in [0.29, 0.717) is 0 Å². The summed E-state index contributed by atoms with van der Waals surface area (Å²) in [5, 5.41) is 0. The summed E-state index contributed by atoms with van der Waals surface area (Å²) < 4.78 is 0. The molecular formula is C15H19N. The summed E-state index contributed by atoms with van der Waals surface area (Å²) >= 11 is 0. The Morgan fingerprint density at radius 2 is 1.81 bits per heavy atom. The number of rotatable bonds is 0. The zero-order chi connectivity index (χ0) is 11.8. The van der Waals surface area contributed by atoms with Crippen LogP contribution in [0.15, 0.2) is 30.5 Å². The van der Waals surface area contributed by atoms with Crippen molar-refractivity contribution >= 4 is 12.2 Å². The van der Waals surface area contributed by atoms with E-state index in [4.69, 9.17) is 0 Å². The Labute approximate surface area is 97.9 Å². The van der Waals surface area contributed by atoms with E-state index >= 15 is 0 Å². The molecule has 1 aliphatic carbocycles. The average molecular weight is 213 g/mol. The minimum absolute atomic E-state index is 0.0771. The van der Waals surface area contributed by atoms with Gasteiger partial charge >= 0.3 is 0 Å². The van der Waals surface area contributed by atoms with Crippen LogP contribution in [0.25, 0.3) is 12.2 Å². The molecule has 0 bridgehead atoms. The molecule has 2 rings (SSSR count). The van der Waals surface area contributed by atoms with Gasteiger partial charge in [0.2, 0.25) is 0 Å². The van der Waals surface area contributed by atoms with Gasteiger partial charge in [0.25, 0.3) is 0 Å². The smallest absolute Gasteiger partial charge is 0.0698 e. The van der Waals surface area contributed by atoms with Gasteiger partial charge in [-0.05, 0) is 23.1 Å². The number of hydrogen-bond donors (Lipinski definition) is 0. The van der Waals surface area contributed by atoms with E-state index in [1.165, 1.54) is 5.56 Å². The summed E-state index contributed by atoms with van der Waals surface area (Å²) in [6.45, 7) is 9.08. The van der Waals surface area contributed by atoms with E-state index in [2.05, 4.69) is 63.0 Å². The minimum atomic E-state index is 0.0771. The molecule has 0 saturated heterocycles. The molecule has 1 heteroatoms. The second-order valence-corrected chi connectivity index (χ2v) is 5.68. The molecule has 1 nitrogen and oxygen atoms in total. The fraction of sp³-hybridized carbons (Fsp3) is 0.400. The van der Waals surface area contributed by atoms with Crippen LogP contribution in [0, 0.1) is 10.8 Å². The van der Waals surface area contributed by atoms with Crippen LogP contribution in [0.5, 0.6) is 0 Å². The highest BCUT2D eigenvalue weighted by Crippen LogP contribution is 2.43. The van der Waals surface area contributed by atoms with Crippen LogP contribution < -0.4 is 0 Å². The van der Waals surface area contributed by atoms with Crippen LogP contribution in [0.2, 0.25) is 0 Å². The number of allylic oxidation sites excluding steroid dienone is 2. The molecule has 16 heavy (non-hydrogen) atoms. The third-order valence-electron chi connectivity index (χ3n) is 3.68. The molecule has 0 fully saturated rings. The predicted molar refractivity (Wildman–Crippen MR) is 69.9 cm³/mol. The normalized spacial score (nSPS) is 24.0. The van der Waals surface area contributed by atoms with E-state index in [-0.39, 0.29) is 10.8 Å². The van der Waals surface area contributed by atoms with Crippen molar-refractivity contribution in [2.45, 2.75) is 27.7 Å². The molecule has 0 saturated carbocycles. The highest BCUT2D eigenvalue weighted by Gasteiger charge is 2.33. The first kappa shape index (κ1) is 11.1. The van der Waals surface area contributed by atoms with E-state index < -0.39 is 0 Å². The van der Waals surface area contributed by atoms with Crippen molar-refractivity contribution in [3.05, 3.63) is 41.7 Å². The molecule has 1 aliphatic rings. The lowest BCUT2D eigenvalue weighted by atomic mass is 9.68. The van der Waals surface area contributed by atoms with Crippen LogP contribution in [0.1, 0.15) is 39.0 Å². The monoisotopic (exact) mass is 213 g/mol. The van der Waals surface area contributed by atoms with E-state index in [1.54, 1.807) is 0 Å². The highest BCUT2D eigenvalue weighted by atomic mass is 14.7. The van der Waals surface area contributed by atoms with Crippen LogP contribution in [0.4, 0.5) is 0 Å². The molecule has 1 atom stereocenters. The second-order valence-electron chi connectivity index (χ2n) is 5.68. The van der Waals surface area contributed by atoms with Gasteiger partial charge in [0.05, 0.1) is 5.69 Å². The van der Waals surface area contributed by atoms with Crippen molar-refractivity contribution < 1.29 is 0 Å². The zero-order valence-corrected chi connectivity index (χ0v) is 10.5. The molecule has 0 amide bonds. The zero-order valence-electron chi connectivity index (χ0n) is 10.5. The average Bonchev–Trinajstić information content (AvgIpc) is 2.39. The third-order valence-corrected chi connectivity index (χ3v) is 3.68. The third kappa shape index (κ3) is 1.82. The first-order valence-corrected chi connectivity index (χ1v) is 5.76. The minimum Gasteiger partial charge on any atom is -0.256 e. The lowest BCUT2D eigenvalue weighted by Gasteiger charge is -2.36. The quantitative estimate of drug-likeness (QED) is 0.630. The number of fused-ring (bicyclic) bond motifs is 1. The summed E-state index contributed by atoms with van der Waals surface area (Å²) in [5.41, 5.74) is 2.55. The molecule has 0 aliphatic heterocycles. The van der Waals surface area contributed by atoms with Crippen molar-refractivity contribution in [1.29, 1.82) is 0 Å². The molecule has 0 radical (unpaired) electrons. The number of nitrogens with zero attached hydrogens (tertiary/aromatic N) is 1. The van der Waals surface area contributed by atoms with Crippen molar-refractivity contribution in [3.63, 3.8) is 0 Å². The summed E-state index contributed by atoms with van der Waals surface area (Å²) in [6.07, 6.45) is 10.7. The molecular weight excluding hydrogens is 194 g/mol. The fourth-order valence-electron chi connectivity index (χ4n) is 1.78. The first-order valence-electron chi connectivity index (χ1n) is 5.76. The van der Waals surface area contributed by atoms with Crippen molar-refractivity contribution in [2.24, 2.45) is 10.8 Å². The molecule has 1 unspecified atom stereocenters. The van der Waals surface area contributed by atoms with E-state index in [0.717, 1.165) is 5.69 Å². The fourth-order valence-corrected chi connectivity index (χ4v) is 1.78. The largest absolute Gasteiger partial charge is 0.256 e. The van der Waals surface area contributed by atoms with Gasteiger partial charge in [-0.25, -0.2) is 0 Å². The van der Waals surface area contributed by atoms with Crippen LogP contribution >= 0.6 is 0 Å². The maximum atomic E-state index is 4.39. The van der Waals surface area contributed by atoms with Gasteiger partial charge in [0.15, 0.2) is 0 Å². The van der Waals surface area contributed by atoms with Gasteiger partial charge in [-0.3, -0.25) is 4.98 Å². The standard InChI is InChI=1S/C15H19N/c1-14(2,3)15(4)9-7-12-6-5-11-16-13(12)8-10-15/h5-11H,1-4H3. The predicted octanol–water partition coefficient (Wildman–Crippen LogP) is 4.17. The molecule has 0 N–H and O–H groups in total. The Morgan fingerprint density at radius 1 is 1.12 bits per heavy atom.